The van der Waals surface area contributed by atoms with E-state index in [0.717, 1.165) is 44.3 Å². The van der Waals surface area contributed by atoms with Crippen LogP contribution in [0.25, 0.3) is 0 Å². The van der Waals surface area contributed by atoms with Crippen LogP contribution in [-0.2, 0) is 9.47 Å². The number of ether oxygens (including phenoxy) is 2. The molecule has 2 heterocycles. The Morgan fingerprint density at radius 2 is 1.10 bits per heavy atom. The molecule has 2 rings (SSSR count). The number of esters is 2. The van der Waals surface area contributed by atoms with Crippen LogP contribution < -0.4 is 0 Å². The number of pyridine rings is 2. The Labute approximate surface area is 242 Å². The number of nitrogens with zero attached hydrogens (tertiary/aromatic N) is 2. The minimum absolute atomic E-state index is 0.274. The van der Waals surface area contributed by atoms with Crippen molar-refractivity contribution < 1.29 is 19.1 Å². The molecule has 0 saturated heterocycles. The van der Waals surface area contributed by atoms with E-state index in [1.54, 1.807) is 49.1 Å². The third-order valence-corrected chi connectivity index (χ3v) is 7.04. The highest BCUT2D eigenvalue weighted by Gasteiger charge is 2.10. The second-order valence-electron chi connectivity index (χ2n) is 10.5. The van der Waals surface area contributed by atoms with E-state index in [0.29, 0.717) is 17.7 Å². The fraction of sp³-hybridized carbons (Fsp3) is 0.588. The molecule has 0 unspecified atom stereocenters. The van der Waals surface area contributed by atoms with E-state index >= 15 is 0 Å². The first-order valence-corrected chi connectivity index (χ1v) is 15.6. The van der Waals surface area contributed by atoms with Gasteiger partial charge in [0.05, 0.1) is 17.7 Å². The number of aromatic nitrogens is 2. The Morgan fingerprint density at radius 1 is 0.625 bits per heavy atom. The molecule has 220 valence electrons. The number of hydrogen-bond acceptors (Lipinski definition) is 6. The summed E-state index contributed by atoms with van der Waals surface area (Å²) in [6.45, 7) is 2.72. The minimum atomic E-state index is -0.291. The average molecular weight is 551 g/mol. The molecule has 0 aliphatic rings. The Kier molecular flexibility index (Phi) is 18.9. The van der Waals surface area contributed by atoms with Gasteiger partial charge in [0.15, 0.2) is 0 Å². The second-order valence-corrected chi connectivity index (χ2v) is 10.5. The Bertz CT molecular complexity index is 947. The highest BCUT2D eigenvalue weighted by molar-refractivity contribution is 5.90. The van der Waals surface area contributed by atoms with Crippen LogP contribution in [0.3, 0.4) is 0 Å². The van der Waals surface area contributed by atoms with Gasteiger partial charge < -0.3 is 9.47 Å². The van der Waals surface area contributed by atoms with E-state index in [2.05, 4.69) is 23.0 Å². The predicted molar refractivity (Wildman–Crippen MR) is 161 cm³/mol. The molecule has 0 N–H and O–H groups in total. The highest BCUT2D eigenvalue weighted by atomic mass is 16.5. The van der Waals surface area contributed by atoms with Gasteiger partial charge >= 0.3 is 11.9 Å². The largest absolute Gasteiger partial charge is 0.462 e. The summed E-state index contributed by atoms with van der Waals surface area (Å²) in [4.78, 5) is 32.4. The van der Waals surface area contributed by atoms with E-state index in [-0.39, 0.29) is 11.9 Å². The van der Waals surface area contributed by atoms with Crippen LogP contribution in [0.2, 0.25) is 0 Å². The van der Waals surface area contributed by atoms with Gasteiger partial charge in [-0.3, -0.25) is 9.97 Å². The maximum Gasteiger partial charge on any atom is 0.343 e. The van der Waals surface area contributed by atoms with Crippen molar-refractivity contribution in [3.8, 4) is 0 Å². The van der Waals surface area contributed by atoms with Gasteiger partial charge in [-0.1, -0.05) is 90.4 Å². The van der Waals surface area contributed by atoms with Crippen molar-refractivity contribution in [3.05, 3.63) is 72.0 Å². The lowest BCUT2D eigenvalue weighted by molar-refractivity contribution is 0.0496. The average Bonchev–Trinajstić information content (AvgIpc) is 2.99. The van der Waals surface area contributed by atoms with Crippen LogP contribution in [0.5, 0.6) is 0 Å². The Morgan fingerprint density at radius 3 is 1.68 bits per heavy atom. The molecular formula is C34H50N2O4. The van der Waals surface area contributed by atoms with Gasteiger partial charge in [0.25, 0.3) is 0 Å². The van der Waals surface area contributed by atoms with Gasteiger partial charge in [-0.2, -0.15) is 0 Å². The van der Waals surface area contributed by atoms with E-state index < -0.39 is 0 Å². The van der Waals surface area contributed by atoms with Crippen LogP contribution in [0.1, 0.15) is 143 Å². The summed E-state index contributed by atoms with van der Waals surface area (Å²) < 4.78 is 11.1. The molecule has 0 fully saturated rings. The number of carbonyl (C=O) groups is 2. The zero-order chi connectivity index (χ0) is 28.5. The molecule has 0 spiro atoms. The summed E-state index contributed by atoms with van der Waals surface area (Å²) in [6.07, 6.45) is 29.5. The zero-order valence-corrected chi connectivity index (χ0v) is 24.7. The smallest absolute Gasteiger partial charge is 0.343 e. The number of unbranched alkanes of at least 4 members (excludes halogenated alkanes) is 15. The molecule has 40 heavy (non-hydrogen) atoms. The molecule has 0 saturated carbocycles. The van der Waals surface area contributed by atoms with Gasteiger partial charge in [-0.05, 0) is 56.0 Å². The second kappa shape index (κ2) is 22.8. The summed E-state index contributed by atoms with van der Waals surface area (Å²) in [6, 6.07) is 6.74. The maximum atomic E-state index is 12.6. The quantitative estimate of drug-likeness (QED) is 0.0779. The van der Waals surface area contributed by atoms with Gasteiger partial charge in [-0.25, -0.2) is 9.59 Å². The summed E-state index contributed by atoms with van der Waals surface area (Å²) in [5.41, 5.74) is 1.10. The van der Waals surface area contributed by atoms with Gasteiger partial charge in [0, 0.05) is 31.2 Å². The summed E-state index contributed by atoms with van der Waals surface area (Å²) in [5.74, 6) is 0.252. The van der Waals surface area contributed by atoms with Crippen LogP contribution in [-0.4, -0.2) is 28.5 Å². The normalized spacial score (nSPS) is 11.4. The number of allylic oxidation sites excluding steroid dienone is 2. The molecule has 0 aromatic carbocycles. The Balaban J connectivity index is 1.56. The first-order valence-electron chi connectivity index (χ1n) is 15.6. The van der Waals surface area contributed by atoms with Crippen molar-refractivity contribution in [1.82, 2.24) is 9.97 Å². The van der Waals surface area contributed by atoms with Gasteiger partial charge in [-0.15, -0.1) is 0 Å². The monoisotopic (exact) mass is 550 g/mol. The number of hydrogen-bond donors (Lipinski definition) is 0. The molecule has 0 aliphatic carbocycles. The van der Waals surface area contributed by atoms with Crippen molar-refractivity contribution in [3.63, 3.8) is 0 Å². The van der Waals surface area contributed by atoms with Gasteiger partial charge in [0.2, 0.25) is 0 Å². The summed E-state index contributed by atoms with van der Waals surface area (Å²) >= 11 is 0. The molecule has 6 heteroatoms. The Hall–Kier alpha value is -3.02. The lowest BCUT2D eigenvalue weighted by Gasteiger charge is -2.10. The van der Waals surface area contributed by atoms with E-state index in [1.165, 1.54) is 77.0 Å². The summed E-state index contributed by atoms with van der Waals surface area (Å²) in [7, 11) is 0. The first-order chi connectivity index (χ1) is 19.7. The summed E-state index contributed by atoms with van der Waals surface area (Å²) in [5, 5.41) is 0. The van der Waals surface area contributed by atoms with Crippen molar-refractivity contribution >= 4 is 11.9 Å². The molecule has 2 aromatic rings. The third-order valence-electron chi connectivity index (χ3n) is 7.04. The highest BCUT2D eigenvalue weighted by Crippen LogP contribution is 2.18. The van der Waals surface area contributed by atoms with Crippen LogP contribution >= 0.6 is 0 Å². The number of rotatable bonds is 23. The minimum Gasteiger partial charge on any atom is -0.462 e. The maximum absolute atomic E-state index is 12.6. The van der Waals surface area contributed by atoms with E-state index in [9.17, 15) is 9.59 Å². The van der Waals surface area contributed by atoms with E-state index in [1.807, 2.05) is 0 Å². The lowest BCUT2D eigenvalue weighted by Crippen LogP contribution is -2.06. The third kappa shape index (κ3) is 16.2. The van der Waals surface area contributed by atoms with Crippen molar-refractivity contribution in [1.29, 1.82) is 0 Å². The first kappa shape index (κ1) is 33.2. The number of carbonyl (C=O) groups excluding carboxylic acids is 2. The molecule has 0 aliphatic heterocycles. The van der Waals surface area contributed by atoms with Gasteiger partial charge in [0.1, 0.15) is 5.76 Å². The molecule has 0 amide bonds. The molecular weight excluding hydrogens is 500 g/mol. The topological polar surface area (TPSA) is 78.4 Å². The standard InChI is InChI=1S/C34H50N2O4/c1-2-3-4-5-6-10-13-16-19-32(40-34(38)31-23-27-36-28-24-31)20-17-14-11-8-7-9-12-15-18-29-39-33(37)30-21-25-35-26-22-30/h20-28H,2-19,29H2,1H3/b32-20-. The lowest BCUT2D eigenvalue weighted by atomic mass is 10.1. The molecule has 0 atom stereocenters. The van der Waals surface area contributed by atoms with Crippen LogP contribution in [0, 0.1) is 0 Å². The molecule has 0 bridgehead atoms. The molecule has 2 aromatic heterocycles. The fourth-order valence-electron chi connectivity index (χ4n) is 4.60. The predicted octanol–water partition coefficient (Wildman–Crippen LogP) is 9.42. The van der Waals surface area contributed by atoms with Crippen LogP contribution in [0.15, 0.2) is 60.9 Å². The van der Waals surface area contributed by atoms with Crippen LogP contribution in [0.4, 0.5) is 0 Å². The van der Waals surface area contributed by atoms with Crippen molar-refractivity contribution in [2.45, 2.75) is 122 Å². The molecule has 0 radical (unpaired) electrons. The van der Waals surface area contributed by atoms with Crippen molar-refractivity contribution in [2.75, 3.05) is 6.61 Å². The SMILES string of the molecule is CCCCCCCCCC/C(=C/CCCCCCCCCCOC(=O)c1ccncc1)OC(=O)c1ccncc1. The zero-order valence-electron chi connectivity index (χ0n) is 24.7. The van der Waals surface area contributed by atoms with E-state index in [4.69, 9.17) is 9.47 Å². The molecule has 6 nitrogen and oxygen atoms in total. The fourth-order valence-corrected chi connectivity index (χ4v) is 4.60. The van der Waals surface area contributed by atoms with Crippen molar-refractivity contribution in [2.24, 2.45) is 0 Å².